The van der Waals surface area contributed by atoms with E-state index < -0.39 is 0 Å². The SMILES string of the molecule is Cc1ccc(C(=O)Nc2nc(-c3ccco3)c(C(=O)C3CCOCC3)s2)cc1. The van der Waals surface area contributed by atoms with Gasteiger partial charge in [0.1, 0.15) is 10.6 Å². The minimum Gasteiger partial charge on any atom is -0.463 e. The van der Waals surface area contributed by atoms with E-state index in [2.05, 4.69) is 10.3 Å². The van der Waals surface area contributed by atoms with E-state index in [9.17, 15) is 9.59 Å². The highest BCUT2D eigenvalue weighted by Gasteiger charge is 2.29. The fourth-order valence-electron chi connectivity index (χ4n) is 3.14. The van der Waals surface area contributed by atoms with Crippen molar-refractivity contribution in [1.82, 2.24) is 4.98 Å². The maximum absolute atomic E-state index is 13.1. The van der Waals surface area contributed by atoms with Crippen LogP contribution in [0, 0.1) is 12.8 Å². The highest BCUT2D eigenvalue weighted by atomic mass is 32.1. The van der Waals surface area contributed by atoms with Crippen molar-refractivity contribution in [3.05, 3.63) is 58.7 Å². The molecule has 3 heterocycles. The Kier molecular flexibility index (Phi) is 5.36. The quantitative estimate of drug-likeness (QED) is 0.639. The molecule has 1 aliphatic rings. The van der Waals surface area contributed by atoms with Gasteiger partial charge in [-0.15, -0.1) is 0 Å². The van der Waals surface area contributed by atoms with Crippen molar-refractivity contribution in [2.75, 3.05) is 18.5 Å². The molecule has 1 aromatic carbocycles. The van der Waals surface area contributed by atoms with Gasteiger partial charge in [0.2, 0.25) is 0 Å². The zero-order valence-electron chi connectivity index (χ0n) is 15.4. The fraction of sp³-hybridized carbons (Fsp3) is 0.286. The van der Waals surface area contributed by atoms with Crippen molar-refractivity contribution < 1.29 is 18.7 Å². The standard InChI is InChI=1S/C21H20N2O4S/c1-13-4-6-15(7-5-13)20(25)23-21-22-17(16-3-2-10-27-16)19(28-21)18(24)14-8-11-26-12-9-14/h2-7,10,14H,8-9,11-12H2,1H3,(H,22,23,25). The summed E-state index contributed by atoms with van der Waals surface area (Å²) in [5.41, 5.74) is 2.10. The van der Waals surface area contributed by atoms with E-state index >= 15 is 0 Å². The van der Waals surface area contributed by atoms with Gasteiger partial charge in [0.15, 0.2) is 16.7 Å². The van der Waals surface area contributed by atoms with Gasteiger partial charge in [0, 0.05) is 24.7 Å². The Morgan fingerprint density at radius 3 is 2.57 bits per heavy atom. The van der Waals surface area contributed by atoms with Gasteiger partial charge in [-0.2, -0.15) is 0 Å². The Morgan fingerprint density at radius 1 is 1.14 bits per heavy atom. The first-order valence-corrected chi connectivity index (χ1v) is 9.98. The van der Waals surface area contributed by atoms with Crippen LogP contribution in [0.15, 0.2) is 47.1 Å². The zero-order valence-corrected chi connectivity index (χ0v) is 16.3. The second-order valence-electron chi connectivity index (χ2n) is 6.75. The maximum atomic E-state index is 13.1. The minimum absolute atomic E-state index is 0.0306. The molecule has 1 saturated heterocycles. The van der Waals surface area contributed by atoms with Crippen LogP contribution in [0.5, 0.6) is 0 Å². The van der Waals surface area contributed by atoms with Crippen molar-refractivity contribution in [2.45, 2.75) is 19.8 Å². The second-order valence-corrected chi connectivity index (χ2v) is 7.74. The lowest BCUT2D eigenvalue weighted by atomic mass is 9.94. The Labute approximate surface area is 166 Å². The molecule has 0 unspecified atom stereocenters. The molecule has 2 aromatic heterocycles. The average Bonchev–Trinajstić information content (AvgIpc) is 3.38. The van der Waals surface area contributed by atoms with E-state index in [1.54, 1.807) is 30.5 Å². The molecule has 0 atom stereocenters. The Balaban J connectivity index is 1.62. The predicted molar refractivity (Wildman–Crippen MR) is 107 cm³/mol. The predicted octanol–water partition coefficient (Wildman–Crippen LogP) is 4.57. The molecule has 144 valence electrons. The van der Waals surface area contributed by atoms with Gasteiger partial charge >= 0.3 is 0 Å². The van der Waals surface area contributed by atoms with Gasteiger partial charge in [-0.3, -0.25) is 14.9 Å². The third-order valence-corrected chi connectivity index (χ3v) is 5.72. The van der Waals surface area contributed by atoms with Gasteiger partial charge in [-0.25, -0.2) is 4.98 Å². The lowest BCUT2D eigenvalue weighted by molar-refractivity contribution is 0.0547. The number of hydrogen-bond donors (Lipinski definition) is 1. The van der Waals surface area contributed by atoms with Crippen LogP contribution in [0.3, 0.4) is 0 Å². The van der Waals surface area contributed by atoms with Crippen LogP contribution >= 0.6 is 11.3 Å². The largest absolute Gasteiger partial charge is 0.463 e. The number of hydrogen-bond acceptors (Lipinski definition) is 6. The number of thiazole rings is 1. The number of ether oxygens (including phenoxy) is 1. The van der Waals surface area contributed by atoms with E-state index in [1.807, 2.05) is 19.1 Å². The number of aryl methyl sites for hydroxylation is 1. The number of anilines is 1. The summed E-state index contributed by atoms with van der Waals surface area (Å²) in [7, 11) is 0. The third kappa shape index (κ3) is 3.90. The number of carbonyl (C=O) groups is 2. The number of furan rings is 1. The first-order chi connectivity index (χ1) is 13.6. The van der Waals surface area contributed by atoms with E-state index in [1.165, 1.54) is 11.3 Å². The number of aromatic nitrogens is 1. The summed E-state index contributed by atoms with van der Waals surface area (Å²) in [6.45, 7) is 3.14. The van der Waals surface area contributed by atoms with E-state index in [-0.39, 0.29) is 17.6 Å². The average molecular weight is 396 g/mol. The van der Waals surface area contributed by atoms with Crippen LogP contribution < -0.4 is 5.32 Å². The molecule has 28 heavy (non-hydrogen) atoms. The van der Waals surface area contributed by atoms with Gasteiger partial charge in [-0.1, -0.05) is 29.0 Å². The van der Waals surface area contributed by atoms with Crippen LogP contribution in [0.25, 0.3) is 11.5 Å². The molecule has 1 N–H and O–H groups in total. The molecule has 4 rings (SSSR count). The topological polar surface area (TPSA) is 81.4 Å². The number of benzene rings is 1. The highest BCUT2D eigenvalue weighted by molar-refractivity contribution is 7.18. The normalized spacial score (nSPS) is 14.8. The number of amides is 1. The second kappa shape index (κ2) is 8.08. The van der Waals surface area contributed by atoms with Crippen LogP contribution in [0.4, 0.5) is 5.13 Å². The highest BCUT2D eigenvalue weighted by Crippen LogP contribution is 2.35. The van der Waals surface area contributed by atoms with Gasteiger partial charge in [-0.05, 0) is 44.0 Å². The third-order valence-electron chi connectivity index (χ3n) is 4.73. The maximum Gasteiger partial charge on any atom is 0.257 e. The number of nitrogens with zero attached hydrogens (tertiary/aromatic N) is 1. The number of rotatable bonds is 5. The molecule has 0 aliphatic carbocycles. The smallest absolute Gasteiger partial charge is 0.257 e. The molecule has 1 amide bonds. The molecule has 6 nitrogen and oxygen atoms in total. The number of ketones is 1. The molecule has 0 saturated carbocycles. The van der Waals surface area contributed by atoms with Crippen molar-refractivity contribution in [1.29, 1.82) is 0 Å². The summed E-state index contributed by atoms with van der Waals surface area (Å²) in [5, 5.41) is 3.19. The lowest BCUT2D eigenvalue weighted by Crippen LogP contribution is -2.23. The molecular formula is C21H20N2O4S. The van der Waals surface area contributed by atoms with Gasteiger partial charge < -0.3 is 9.15 Å². The first-order valence-electron chi connectivity index (χ1n) is 9.16. The zero-order chi connectivity index (χ0) is 19.5. The molecule has 0 radical (unpaired) electrons. The van der Waals surface area contributed by atoms with Crippen molar-refractivity contribution in [3.63, 3.8) is 0 Å². The minimum atomic E-state index is -0.259. The van der Waals surface area contributed by atoms with E-state index in [4.69, 9.17) is 9.15 Å². The number of Topliss-reactive ketones (excluding diaryl/α,β-unsaturated/α-hetero) is 1. The molecule has 1 fully saturated rings. The van der Waals surface area contributed by atoms with Crippen molar-refractivity contribution >= 4 is 28.2 Å². The summed E-state index contributed by atoms with van der Waals surface area (Å²) in [6.07, 6.45) is 2.93. The van der Waals surface area contributed by atoms with E-state index in [0.29, 0.717) is 53.1 Å². The van der Waals surface area contributed by atoms with Crippen molar-refractivity contribution in [2.24, 2.45) is 5.92 Å². The summed E-state index contributed by atoms with van der Waals surface area (Å²) >= 11 is 1.19. The Hall–Kier alpha value is -2.77. The van der Waals surface area contributed by atoms with Crippen LogP contribution in [-0.2, 0) is 4.74 Å². The van der Waals surface area contributed by atoms with Gasteiger partial charge in [0.25, 0.3) is 5.91 Å². The molecule has 0 bridgehead atoms. The summed E-state index contributed by atoms with van der Waals surface area (Å²) in [6, 6.07) is 10.8. The molecule has 1 aliphatic heterocycles. The first kappa shape index (κ1) is 18.6. The number of nitrogens with one attached hydrogen (secondary N) is 1. The summed E-state index contributed by atoms with van der Waals surface area (Å²) < 4.78 is 10.8. The molecule has 7 heteroatoms. The van der Waals surface area contributed by atoms with Gasteiger partial charge in [0.05, 0.1) is 6.26 Å². The van der Waals surface area contributed by atoms with Crippen molar-refractivity contribution in [3.8, 4) is 11.5 Å². The summed E-state index contributed by atoms with van der Waals surface area (Å²) in [5.74, 6) is 0.193. The van der Waals surface area contributed by atoms with E-state index in [0.717, 1.165) is 5.56 Å². The number of carbonyl (C=O) groups excluding carboxylic acids is 2. The molecule has 3 aromatic rings. The fourth-order valence-corrected chi connectivity index (χ4v) is 4.12. The lowest BCUT2D eigenvalue weighted by Gasteiger charge is -2.20. The summed E-state index contributed by atoms with van der Waals surface area (Å²) in [4.78, 5) is 30.6. The van der Waals surface area contributed by atoms with Crippen LogP contribution in [0.1, 0.15) is 38.4 Å². The molecular weight excluding hydrogens is 376 g/mol. The molecule has 0 spiro atoms. The van der Waals surface area contributed by atoms with Crippen LogP contribution in [0.2, 0.25) is 0 Å². The Bertz CT molecular complexity index is 971. The van der Waals surface area contributed by atoms with Crippen LogP contribution in [-0.4, -0.2) is 29.9 Å². The monoisotopic (exact) mass is 396 g/mol. The Morgan fingerprint density at radius 2 is 1.89 bits per heavy atom.